The summed E-state index contributed by atoms with van der Waals surface area (Å²) < 4.78 is 0. The zero-order chi connectivity index (χ0) is 11.3. The van der Waals surface area contributed by atoms with Gasteiger partial charge in [-0.1, -0.05) is 0 Å². The van der Waals surface area contributed by atoms with Gasteiger partial charge < -0.3 is 5.11 Å². The molecule has 1 aliphatic carbocycles. The molecule has 1 aromatic rings. The SMILES string of the molecule is O=C1C2CC2C(=O)N1CC(O)c1ccsc1. The van der Waals surface area contributed by atoms with Gasteiger partial charge in [-0.05, 0) is 28.8 Å². The molecule has 0 bridgehead atoms. The lowest BCUT2D eigenvalue weighted by molar-refractivity contribution is -0.143. The molecule has 2 amide bonds. The minimum Gasteiger partial charge on any atom is -0.387 e. The van der Waals surface area contributed by atoms with Gasteiger partial charge in [-0.15, -0.1) is 0 Å². The largest absolute Gasteiger partial charge is 0.387 e. The Morgan fingerprint density at radius 2 is 2.12 bits per heavy atom. The molecule has 1 saturated heterocycles. The second-order valence-corrected chi connectivity index (χ2v) is 5.09. The Labute approximate surface area is 96.5 Å². The van der Waals surface area contributed by atoms with E-state index in [0.717, 1.165) is 5.56 Å². The van der Waals surface area contributed by atoms with Crippen molar-refractivity contribution in [3.63, 3.8) is 0 Å². The molecule has 84 valence electrons. The lowest BCUT2D eigenvalue weighted by Gasteiger charge is -2.19. The van der Waals surface area contributed by atoms with Crippen molar-refractivity contribution in [2.24, 2.45) is 11.8 Å². The minimum atomic E-state index is -0.753. The first-order valence-electron chi connectivity index (χ1n) is 5.24. The number of carbonyl (C=O) groups excluding carboxylic acids is 2. The quantitative estimate of drug-likeness (QED) is 0.791. The smallest absolute Gasteiger partial charge is 0.233 e. The van der Waals surface area contributed by atoms with Crippen molar-refractivity contribution in [1.82, 2.24) is 4.90 Å². The predicted molar refractivity (Wildman–Crippen MR) is 57.6 cm³/mol. The third kappa shape index (κ3) is 1.39. The monoisotopic (exact) mass is 237 g/mol. The van der Waals surface area contributed by atoms with Crippen LogP contribution in [0.5, 0.6) is 0 Å². The van der Waals surface area contributed by atoms with Crippen LogP contribution in [0.25, 0.3) is 0 Å². The van der Waals surface area contributed by atoms with Gasteiger partial charge in [0.05, 0.1) is 24.5 Å². The number of β-amino-alcohol motifs (C(OH)–C–C–N with tert-alkyl or cyclic N) is 1. The number of carbonyl (C=O) groups is 2. The highest BCUT2D eigenvalue weighted by Crippen LogP contribution is 2.47. The van der Waals surface area contributed by atoms with Gasteiger partial charge in [0.1, 0.15) is 0 Å². The van der Waals surface area contributed by atoms with Crippen molar-refractivity contribution in [3.05, 3.63) is 22.4 Å². The first kappa shape index (κ1) is 9.99. The van der Waals surface area contributed by atoms with Crippen LogP contribution in [-0.4, -0.2) is 28.4 Å². The van der Waals surface area contributed by atoms with Gasteiger partial charge in [0, 0.05) is 0 Å². The molecule has 2 heterocycles. The summed E-state index contributed by atoms with van der Waals surface area (Å²) in [6, 6.07) is 1.81. The number of amides is 2. The van der Waals surface area contributed by atoms with Crippen LogP contribution in [0.15, 0.2) is 16.8 Å². The summed E-state index contributed by atoms with van der Waals surface area (Å²) in [6.07, 6.45) is -0.0421. The van der Waals surface area contributed by atoms with Gasteiger partial charge in [-0.25, -0.2) is 0 Å². The number of hydrogen-bond acceptors (Lipinski definition) is 4. The number of likely N-dealkylation sites (tertiary alicyclic amines) is 1. The number of piperidine rings is 1. The van der Waals surface area contributed by atoms with Gasteiger partial charge in [-0.3, -0.25) is 14.5 Å². The zero-order valence-corrected chi connectivity index (χ0v) is 9.31. The van der Waals surface area contributed by atoms with Gasteiger partial charge in [-0.2, -0.15) is 11.3 Å². The highest BCUT2D eigenvalue weighted by atomic mass is 32.1. The van der Waals surface area contributed by atoms with E-state index in [-0.39, 0.29) is 30.2 Å². The highest BCUT2D eigenvalue weighted by Gasteiger charge is 2.58. The van der Waals surface area contributed by atoms with E-state index in [4.69, 9.17) is 0 Å². The number of hydrogen-bond donors (Lipinski definition) is 1. The number of imide groups is 1. The van der Waals surface area contributed by atoms with Crippen molar-refractivity contribution in [3.8, 4) is 0 Å². The number of nitrogens with zero attached hydrogens (tertiary/aromatic N) is 1. The average Bonchev–Trinajstić information content (AvgIpc) is 2.81. The maximum absolute atomic E-state index is 11.7. The maximum Gasteiger partial charge on any atom is 0.233 e. The first-order chi connectivity index (χ1) is 7.68. The van der Waals surface area contributed by atoms with Crippen LogP contribution in [0.3, 0.4) is 0 Å². The Morgan fingerprint density at radius 3 is 2.69 bits per heavy atom. The van der Waals surface area contributed by atoms with Gasteiger partial charge >= 0.3 is 0 Å². The second-order valence-electron chi connectivity index (χ2n) is 4.31. The molecule has 3 atom stereocenters. The molecule has 1 N–H and O–H groups in total. The Morgan fingerprint density at radius 1 is 1.44 bits per heavy atom. The molecule has 1 aliphatic heterocycles. The molecule has 16 heavy (non-hydrogen) atoms. The molecule has 2 aliphatic rings. The van der Waals surface area contributed by atoms with Crippen LogP contribution in [-0.2, 0) is 9.59 Å². The van der Waals surface area contributed by atoms with E-state index in [1.165, 1.54) is 16.2 Å². The van der Waals surface area contributed by atoms with E-state index >= 15 is 0 Å². The van der Waals surface area contributed by atoms with Crippen molar-refractivity contribution in [2.45, 2.75) is 12.5 Å². The van der Waals surface area contributed by atoms with Gasteiger partial charge in [0.2, 0.25) is 11.8 Å². The lowest BCUT2D eigenvalue weighted by Crippen LogP contribution is -2.36. The molecule has 4 nitrogen and oxygen atoms in total. The Kier molecular flexibility index (Phi) is 2.12. The standard InChI is InChI=1S/C11H11NO3S/c13-9(6-1-2-16-5-6)4-12-10(14)7-3-8(7)11(12)15/h1-2,5,7-9,13H,3-4H2. The highest BCUT2D eigenvalue weighted by molar-refractivity contribution is 7.07. The number of rotatable bonds is 3. The molecule has 2 fully saturated rings. The van der Waals surface area contributed by atoms with E-state index in [0.29, 0.717) is 6.42 Å². The Bertz CT molecular complexity index is 422. The normalized spacial score (nSPS) is 29.4. The molecule has 1 aromatic heterocycles. The summed E-state index contributed by atoms with van der Waals surface area (Å²) in [7, 11) is 0. The van der Waals surface area contributed by atoms with Crippen molar-refractivity contribution < 1.29 is 14.7 Å². The summed E-state index contributed by atoms with van der Waals surface area (Å²) in [6.45, 7) is 0.0986. The van der Waals surface area contributed by atoms with Gasteiger partial charge in [0.15, 0.2) is 0 Å². The zero-order valence-electron chi connectivity index (χ0n) is 8.50. The molecule has 1 saturated carbocycles. The van der Waals surface area contributed by atoms with Crippen LogP contribution >= 0.6 is 11.3 Å². The predicted octanol–water partition coefficient (Wildman–Crippen LogP) is 0.786. The fraction of sp³-hybridized carbons (Fsp3) is 0.455. The van der Waals surface area contributed by atoms with E-state index in [9.17, 15) is 14.7 Å². The molecule has 5 heteroatoms. The van der Waals surface area contributed by atoms with E-state index in [1.54, 1.807) is 6.07 Å². The van der Waals surface area contributed by atoms with Crippen LogP contribution in [0.4, 0.5) is 0 Å². The van der Waals surface area contributed by atoms with Crippen LogP contribution < -0.4 is 0 Å². The fourth-order valence-corrected chi connectivity index (χ4v) is 2.88. The van der Waals surface area contributed by atoms with Crippen molar-refractivity contribution in [1.29, 1.82) is 0 Å². The van der Waals surface area contributed by atoms with E-state index in [1.807, 2.05) is 10.8 Å². The third-order valence-corrected chi connectivity index (χ3v) is 3.94. The summed E-state index contributed by atoms with van der Waals surface area (Å²) in [5, 5.41) is 13.6. The first-order valence-corrected chi connectivity index (χ1v) is 6.18. The third-order valence-electron chi connectivity index (χ3n) is 3.24. The van der Waals surface area contributed by atoms with Crippen LogP contribution in [0, 0.1) is 11.8 Å². The average molecular weight is 237 g/mol. The number of aliphatic hydroxyl groups is 1. The van der Waals surface area contributed by atoms with Gasteiger partial charge in [0.25, 0.3) is 0 Å². The molecule has 3 unspecified atom stereocenters. The topological polar surface area (TPSA) is 57.6 Å². The minimum absolute atomic E-state index is 0.0813. The Balaban J connectivity index is 1.71. The Hall–Kier alpha value is -1.20. The molecular weight excluding hydrogens is 226 g/mol. The summed E-state index contributed by atoms with van der Waals surface area (Å²) in [5.41, 5.74) is 0.770. The summed E-state index contributed by atoms with van der Waals surface area (Å²) in [4.78, 5) is 24.5. The summed E-state index contributed by atoms with van der Waals surface area (Å²) >= 11 is 1.49. The van der Waals surface area contributed by atoms with Crippen molar-refractivity contribution in [2.75, 3.05) is 6.54 Å². The fourth-order valence-electron chi connectivity index (χ4n) is 2.17. The van der Waals surface area contributed by atoms with E-state index < -0.39 is 6.10 Å². The second kappa shape index (κ2) is 3.40. The molecule has 0 radical (unpaired) electrons. The summed E-state index contributed by atoms with van der Waals surface area (Å²) in [5.74, 6) is -0.377. The molecule has 0 spiro atoms. The lowest BCUT2D eigenvalue weighted by atomic mass is 10.2. The number of thiophene rings is 1. The molecular formula is C11H11NO3S. The molecule has 0 aromatic carbocycles. The molecule has 3 rings (SSSR count). The van der Waals surface area contributed by atoms with Crippen LogP contribution in [0.2, 0.25) is 0 Å². The van der Waals surface area contributed by atoms with E-state index in [2.05, 4.69) is 0 Å². The van der Waals surface area contributed by atoms with Crippen molar-refractivity contribution >= 4 is 23.2 Å². The van der Waals surface area contributed by atoms with Crippen LogP contribution in [0.1, 0.15) is 18.1 Å². The number of aliphatic hydroxyl groups excluding tert-OH is 1. The number of fused-ring (bicyclic) bond motifs is 1. The maximum atomic E-state index is 11.7.